The maximum absolute atomic E-state index is 11.9. The molecule has 0 radical (unpaired) electrons. The van der Waals surface area contributed by atoms with E-state index >= 15 is 0 Å². The zero-order chi connectivity index (χ0) is 11.6. The smallest absolute Gasteiger partial charge is 0.241 e. The average molecular weight is 210 g/mol. The summed E-state index contributed by atoms with van der Waals surface area (Å²) >= 11 is 0. The van der Waals surface area contributed by atoms with Crippen molar-refractivity contribution in [3.05, 3.63) is 11.3 Å². The van der Waals surface area contributed by atoms with Gasteiger partial charge in [0.1, 0.15) is 0 Å². The van der Waals surface area contributed by atoms with Crippen molar-refractivity contribution in [1.29, 1.82) is 0 Å². The normalized spacial score (nSPS) is 24.4. The topological polar surface area (TPSA) is 32.3 Å². The molecule has 0 unspecified atom stereocenters. The van der Waals surface area contributed by atoms with Gasteiger partial charge in [0.2, 0.25) is 5.91 Å². The largest absolute Gasteiger partial charge is 0.329 e. The molecule has 3 nitrogen and oxygen atoms in total. The molecule has 0 saturated carbocycles. The molecule has 1 aliphatic heterocycles. The first kappa shape index (κ1) is 12.2. The number of rotatable bonds is 2. The summed E-state index contributed by atoms with van der Waals surface area (Å²) in [5.41, 5.74) is 2.26. The Kier molecular flexibility index (Phi) is 3.91. The van der Waals surface area contributed by atoms with Crippen LogP contribution in [0.25, 0.3) is 0 Å². The number of nitrogens with zero attached hydrogens (tertiary/aromatic N) is 1. The molecule has 0 aromatic heterocycles. The molecule has 0 aromatic carbocycles. The van der Waals surface area contributed by atoms with E-state index < -0.39 is 0 Å². The van der Waals surface area contributed by atoms with Gasteiger partial charge in [-0.05, 0) is 38.8 Å². The molecule has 0 aromatic rings. The van der Waals surface area contributed by atoms with Gasteiger partial charge in [-0.2, -0.15) is 0 Å². The van der Waals surface area contributed by atoms with Crippen LogP contribution in [0.4, 0.5) is 0 Å². The molecular formula is C12H22N2O. The second-order valence-electron chi connectivity index (χ2n) is 4.96. The van der Waals surface area contributed by atoms with E-state index in [1.807, 2.05) is 14.0 Å². The SMILES string of the molecule is CC1=C(C)NC(=O)[C@H](CC(C)C)N(C)C1. The van der Waals surface area contributed by atoms with Crippen LogP contribution in [0.15, 0.2) is 11.3 Å². The fourth-order valence-corrected chi connectivity index (χ4v) is 1.91. The third kappa shape index (κ3) is 3.06. The standard InChI is InChI=1S/C12H22N2O/c1-8(2)6-11-12(15)13-10(4)9(3)7-14(11)5/h8,11H,6-7H2,1-5H3,(H,13,15)/t11-/m0/s1. The van der Waals surface area contributed by atoms with E-state index in [0.29, 0.717) is 5.92 Å². The lowest BCUT2D eigenvalue weighted by Gasteiger charge is -2.25. The maximum atomic E-state index is 11.9. The quantitative estimate of drug-likeness (QED) is 0.753. The molecule has 0 bridgehead atoms. The Bertz CT molecular complexity index is 281. The Labute approximate surface area is 92.5 Å². The Morgan fingerprint density at radius 3 is 2.60 bits per heavy atom. The van der Waals surface area contributed by atoms with E-state index in [2.05, 4.69) is 31.0 Å². The number of carbonyl (C=O) groups excluding carboxylic acids is 1. The monoisotopic (exact) mass is 210 g/mol. The van der Waals surface area contributed by atoms with Crippen LogP contribution >= 0.6 is 0 Å². The highest BCUT2D eigenvalue weighted by Gasteiger charge is 2.27. The van der Waals surface area contributed by atoms with E-state index in [1.165, 1.54) is 5.57 Å². The molecule has 0 aliphatic carbocycles. The van der Waals surface area contributed by atoms with Gasteiger partial charge in [-0.1, -0.05) is 13.8 Å². The van der Waals surface area contributed by atoms with Crippen molar-refractivity contribution < 1.29 is 4.79 Å². The number of nitrogens with one attached hydrogen (secondary N) is 1. The summed E-state index contributed by atoms with van der Waals surface area (Å²) in [6.45, 7) is 9.23. The van der Waals surface area contributed by atoms with Crippen molar-refractivity contribution in [3.63, 3.8) is 0 Å². The Morgan fingerprint density at radius 1 is 1.47 bits per heavy atom. The predicted octanol–water partition coefficient (Wildman–Crippen LogP) is 1.76. The minimum absolute atomic E-state index is 0.0115. The summed E-state index contributed by atoms with van der Waals surface area (Å²) in [6, 6.07) is 0.0115. The fourth-order valence-electron chi connectivity index (χ4n) is 1.91. The van der Waals surface area contributed by atoms with Crippen LogP contribution in [0.2, 0.25) is 0 Å². The molecule has 1 rings (SSSR count). The molecular weight excluding hydrogens is 188 g/mol. The highest BCUT2D eigenvalue weighted by atomic mass is 16.2. The molecule has 86 valence electrons. The number of allylic oxidation sites excluding steroid dienone is 1. The van der Waals surface area contributed by atoms with Crippen molar-refractivity contribution in [1.82, 2.24) is 10.2 Å². The molecule has 0 spiro atoms. The van der Waals surface area contributed by atoms with Crippen LogP contribution in [0.5, 0.6) is 0 Å². The first-order chi connectivity index (χ1) is 6.91. The highest BCUT2D eigenvalue weighted by Crippen LogP contribution is 2.16. The summed E-state index contributed by atoms with van der Waals surface area (Å²) in [5, 5.41) is 2.98. The van der Waals surface area contributed by atoms with E-state index in [0.717, 1.165) is 18.7 Å². The lowest BCUT2D eigenvalue weighted by molar-refractivity contribution is -0.125. The van der Waals surface area contributed by atoms with Crippen LogP contribution < -0.4 is 5.32 Å². The summed E-state index contributed by atoms with van der Waals surface area (Å²) in [4.78, 5) is 14.1. The number of hydrogen-bond acceptors (Lipinski definition) is 2. The number of likely N-dealkylation sites (N-methyl/N-ethyl adjacent to an activating group) is 1. The van der Waals surface area contributed by atoms with Gasteiger partial charge in [0.05, 0.1) is 6.04 Å². The van der Waals surface area contributed by atoms with E-state index in [9.17, 15) is 4.79 Å². The van der Waals surface area contributed by atoms with Gasteiger partial charge < -0.3 is 5.32 Å². The summed E-state index contributed by atoms with van der Waals surface area (Å²) in [6.07, 6.45) is 0.920. The van der Waals surface area contributed by atoms with Crippen LogP contribution in [0, 0.1) is 5.92 Å². The van der Waals surface area contributed by atoms with Crippen molar-refractivity contribution in [2.75, 3.05) is 13.6 Å². The molecule has 15 heavy (non-hydrogen) atoms. The van der Waals surface area contributed by atoms with Gasteiger partial charge in [-0.25, -0.2) is 0 Å². The minimum Gasteiger partial charge on any atom is -0.329 e. The third-order valence-corrected chi connectivity index (χ3v) is 2.97. The lowest BCUT2D eigenvalue weighted by atomic mass is 10.0. The Balaban J connectivity index is 2.80. The molecule has 1 atom stereocenters. The molecule has 0 saturated heterocycles. The molecule has 1 N–H and O–H groups in total. The minimum atomic E-state index is 0.0115. The van der Waals surface area contributed by atoms with Crippen LogP contribution in [0.1, 0.15) is 34.1 Å². The zero-order valence-electron chi connectivity index (χ0n) is 10.4. The van der Waals surface area contributed by atoms with Gasteiger partial charge in [-0.3, -0.25) is 9.69 Å². The van der Waals surface area contributed by atoms with E-state index in [-0.39, 0.29) is 11.9 Å². The number of amides is 1. The first-order valence-corrected chi connectivity index (χ1v) is 5.59. The van der Waals surface area contributed by atoms with Crippen molar-refractivity contribution in [2.24, 2.45) is 5.92 Å². The van der Waals surface area contributed by atoms with Crippen LogP contribution in [-0.2, 0) is 4.79 Å². The van der Waals surface area contributed by atoms with Crippen molar-refractivity contribution in [2.45, 2.75) is 40.2 Å². The fraction of sp³-hybridized carbons (Fsp3) is 0.750. The second-order valence-corrected chi connectivity index (χ2v) is 4.96. The zero-order valence-corrected chi connectivity index (χ0v) is 10.4. The predicted molar refractivity (Wildman–Crippen MR) is 62.4 cm³/mol. The van der Waals surface area contributed by atoms with Gasteiger partial charge in [-0.15, -0.1) is 0 Å². The van der Waals surface area contributed by atoms with Crippen LogP contribution in [-0.4, -0.2) is 30.4 Å². The second kappa shape index (κ2) is 4.79. The summed E-state index contributed by atoms with van der Waals surface area (Å²) in [5.74, 6) is 0.683. The molecule has 1 aliphatic rings. The number of hydrogen-bond donors (Lipinski definition) is 1. The Hall–Kier alpha value is -0.830. The lowest BCUT2D eigenvalue weighted by Crippen LogP contribution is -2.43. The first-order valence-electron chi connectivity index (χ1n) is 5.59. The summed E-state index contributed by atoms with van der Waals surface area (Å²) < 4.78 is 0. The number of carbonyl (C=O) groups is 1. The molecule has 3 heteroatoms. The van der Waals surface area contributed by atoms with E-state index in [4.69, 9.17) is 0 Å². The van der Waals surface area contributed by atoms with E-state index in [1.54, 1.807) is 0 Å². The summed E-state index contributed by atoms with van der Waals surface area (Å²) in [7, 11) is 2.02. The van der Waals surface area contributed by atoms with Gasteiger partial charge >= 0.3 is 0 Å². The average Bonchev–Trinajstić information content (AvgIpc) is 2.19. The van der Waals surface area contributed by atoms with Crippen LogP contribution in [0.3, 0.4) is 0 Å². The molecule has 1 heterocycles. The van der Waals surface area contributed by atoms with Crippen molar-refractivity contribution in [3.8, 4) is 0 Å². The third-order valence-electron chi connectivity index (χ3n) is 2.97. The molecule has 1 amide bonds. The highest BCUT2D eigenvalue weighted by molar-refractivity contribution is 5.83. The maximum Gasteiger partial charge on any atom is 0.241 e. The van der Waals surface area contributed by atoms with Crippen molar-refractivity contribution >= 4 is 5.91 Å². The molecule has 0 fully saturated rings. The van der Waals surface area contributed by atoms with Gasteiger partial charge in [0, 0.05) is 12.2 Å². The Morgan fingerprint density at radius 2 is 2.07 bits per heavy atom. The van der Waals surface area contributed by atoms with Gasteiger partial charge in [0.25, 0.3) is 0 Å². The van der Waals surface area contributed by atoms with Gasteiger partial charge in [0.15, 0.2) is 0 Å².